The van der Waals surface area contributed by atoms with Crippen molar-refractivity contribution in [1.82, 2.24) is 4.90 Å². The molecule has 2 rings (SSSR count). The third kappa shape index (κ3) is 3.35. The number of likely N-dealkylation sites (tertiary alicyclic amines) is 1. The van der Waals surface area contributed by atoms with E-state index in [0.29, 0.717) is 26.1 Å². The van der Waals surface area contributed by atoms with Gasteiger partial charge in [-0.1, -0.05) is 5.11 Å². The highest BCUT2D eigenvalue weighted by molar-refractivity contribution is 5.78. The molecule has 17 heavy (non-hydrogen) atoms. The molecule has 0 spiro atoms. The van der Waals surface area contributed by atoms with E-state index >= 15 is 0 Å². The van der Waals surface area contributed by atoms with Gasteiger partial charge in [-0.3, -0.25) is 4.79 Å². The van der Waals surface area contributed by atoms with Crippen molar-refractivity contribution in [2.45, 2.75) is 31.8 Å². The van der Waals surface area contributed by atoms with Crippen LogP contribution in [0.4, 0.5) is 0 Å². The monoisotopic (exact) mass is 238 g/mol. The Morgan fingerprint density at radius 1 is 1.53 bits per heavy atom. The molecule has 0 aromatic heterocycles. The number of ether oxygens (including phenoxy) is 1. The van der Waals surface area contributed by atoms with Crippen molar-refractivity contribution in [2.24, 2.45) is 11.0 Å². The molecule has 2 heterocycles. The molecule has 94 valence electrons. The maximum Gasteiger partial charge on any atom is 0.223 e. The Hall–Kier alpha value is -1.26. The van der Waals surface area contributed by atoms with Crippen molar-refractivity contribution >= 4 is 5.91 Å². The van der Waals surface area contributed by atoms with Crippen molar-refractivity contribution in [3.8, 4) is 0 Å². The highest BCUT2D eigenvalue weighted by Crippen LogP contribution is 2.21. The van der Waals surface area contributed by atoms with Crippen LogP contribution < -0.4 is 0 Å². The van der Waals surface area contributed by atoms with Crippen LogP contribution in [-0.4, -0.2) is 43.2 Å². The molecular formula is C11H18N4O2. The number of nitrogens with zero attached hydrogens (tertiary/aromatic N) is 4. The van der Waals surface area contributed by atoms with E-state index in [-0.39, 0.29) is 17.9 Å². The lowest BCUT2D eigenvalue weighted by molar-refractivity contribution is -0.130. The van der Waals surface area contributed by atoms with E-state index in [9.17, 15) is 4.79 Å². The van der Waals surface area contributed by atoms with Crippen molar-refractivity contribution in [3.63, 3.8) is 0 Å². The Morgan fingerprint density at radius 3 is 3.12 bits per heavy atom. The Labute approximate surface area is 101 Å². The summed E-state index contributed by atoms with van der Waals surface area (Å²) in [4.78, 5) is 16.3. The molecule has 2 saturated heterocycles. The van der Waals surface area contributed by atoms with E-state index < -0.39 is 0 Å². The molecular weight excluding hydrogens is 220 g/mol. The smallest absolute Gasteiger partial charge is 0.223 e. The molecule has 6 nitrogen and oxygen atoms in total. The Morgan fingerprint density at radius 2 is 2.41 bits per heavy atom. The zero-order chi connectivity index (χ0) is 12.1. The van der Waals surface area contributed by atoms with Crippen LogP contribution in [0.25, 0.3) is 10.4 Å². The quantitative estimate of drug-likeness (QED) is 0.424. The van der Waals surface area contributed by atoms with Crippen LogP contribution in [0.15, 0.2) is 5.11 Å². The molecule has 2 aliphatic rings. The highest BCUT2D eigenvalue weighted by Gasteiger charge is 2.31. The number of carbonyl (C=O) groups is 1. The van der Waals surface area contributed by atoms with Gasteiger partial charge in [0.2, 0.25) is 5.91 Å². The Kier molecular flexibility index (Phi) is 4.23. The highest BCUT2D eigenvalue weighted by atomic mass is 16.5. The first-order chi connectivity index (χ1) is 8.29. The summed E-state index contributed by atoms with van der Waals surface area (Å²) in [6.07, 6.45) is 4.07. The largest absolute Gasteiger partial charge is 0.376 e. The summed E-state index contributed by atoms with van der Waals surface area (Å²) < 4.78 is 5.63. The van der Waals surface area contributed by atoms with Gasteiger partial charge in [0.15, 0.2) is 0 Å². The van der Waals surface area contributed by atoms with E-state index in [1.807, 2.05) is 4.90 Å². The van der Waals surface area contributed by atoms with Crippen LogP contribution in [0.2, 0.25) is 0 Å². The zero-order valence-corrected chi connectivity index (χ0v) is 9.92. The maximum absolute atomic E-state index is 11.8. The average Bonchev–Trinajstić information content (AvgIpc) is 2.69. The zero-order valence-electron chi connectivity index (χ0n) is 9.92. The topological polar surface area (TPSA) is 78.3 Å². The molecule has 0 aromatic carbocycles. The first-order valence-electron chi connectivity index (χ1n) is 6.20. The van der Waals surface area contributed by atoms with Gasteiger partial charge in [0.25, 0.3) is 0 Å². The number of hydrogen-bond acceptors (Lipinski definition) is 3. The van der Waals surface area contributed by atoms with Gasteiger partial charge in [0.05, 0.1) is 6.10 Å². The van der Waals surface area contributed by atoms with Crippen LogP contribution >= 0.6 is 0 Å². The molecule has 0 aromatic rings. The summed E-state index contributed by atoms with van der Waals surface area (Å²) in [6.45, 7) is 2.64. The average molecular weight is 238 g/mol. The van der Waals surface area contributed by atoms with Crippen LogP contribution in [0.1, 0.15) is 25.7 Å². The van der Waals surface area contributed by atoms with Gasteiger partial charge in [0, 0.05) is 37.6 Å². The fourth-order valence-electron chi connectivity index (χ4n) is 2.50. The van der Waals surface area contributed by atoms with Gasteiger partial charge >= 0.3 is 0 Å². The minimum absolute atomic E-state index is 0.164. The minimum atomic E-state index is 0.164. The van der Waals surface area contributed by atoms with Crippen LogP contribution in [0.3, 0.4) is 0 Å². The lowest BCUT2D eigenvalue weighted by Gasteiger charge is -2.27. The lowest BCUT2D eigenvalue weighted by Crippen LogP contribution is -2.36. The summed E-state index contributed by atoms with van der Waals surface area (Å²) >= 11 is 0. The molecule has 0 bridgehead atoms. The molecule has 2 unspecified atom stereocenters. The normalized spacial score (nSPS) is 29.2. The van der Waals surface area contributed by atoms with Gasteiger partial charge in [-0.25, -0.2) is 0 Å². The summed E-state index contributed by atoms with van der Waals surface area (Å²) in [5, 5.41) is 3.54. The van der Waals surface area contributed by atoms with E-state index in [1.54, 1.807) is 0 Å². The number of carbonyl (C=O) groups excluding carboxylic acids is 1. The van der Waals surface area contributed by atoms with Crippen molar-refractivity contribution in [3.05, 3.63) is 10.4 Å². The number of rotatable bonds is 4. The van der Waals surface area contributed by atoms with Gasteiger partial charge in [0.1, 0.15) is 0 Å². The number of amides is 1. The number of azide groups is 1. The first kappa shape index (κ1) is 12.2. The Balaban J connectivity index is 1.80. The van der Waals surface area contributed by atoms with E-state index in [0.717, 1.165) is 19.4 Å². The summed E-state index contributed by atoms with van der Waals surface area (Å²) in [5.41, 5.74) is 8.26. The molecule has 0 N–H and O–H groups in total. The fourth-order valence-corrected chi connectivity index (χ4v) is 2.50. The van der Waals surface area contributed by atoms with Crippen LogP contribution in [-0.2, 0) is 9.53 Å². The fraction of sp³-hybridized carbons (Fsp3) is 0.909. The van der Waals surface area contributed by atoms with Gasteiger partial charge < -0.3 is 9.64 Å². The third-order valence-corrected chi connectivity index (χ3v) is 3.40. The standard InChI is InChI=1S/C11H18N4O2/c12-14-13-6-9-5-11(16)15(7-9)8-10-3-1-2-4-17-10/h9-10H,1-8H2. The molecule has 2 atom stereocenters. The second kappa shape index (κ2) is 5.89. The predicted molar refractivity (Wildman–Crippen MR) is 62.3 cm³/mol. The van der Waals surface area contributed by atoms with Crippen LogP contribution in [0.5, 0.6) is 0 Å². The maximum atomic E-state index is 11.8. The van der Waals surface area contributed by atoms with Crippen molar-refractivity contribution in [2.75, 3.05) is 26.2 Å². The third-order valence-electron chi connectivity index (χ3n) is 3.40. The van der Waals surface area contributed by atoms with Gasteiger partial charge in [-0.05, 0) is 30.7 Å². The summed E-state index contributed by atoms with van der Waals surface area (Å²) in [5.74, 6) is 0.347. The molecule has 2 aliphatic heterocycles. The SMILES string of the molecule is [N-]=[N+]=NCC1CC(=O)N(CC2CCCCO2)C1. The van der Waals surface area contributed by atoms with E-state index in [4.69, 9.17) is 10.3 Å². The second-order valence-corrected chi connectivity index (χ2v) is 4.77. The molecule has 0 radical (unpaired) electrons. The summed E-state index contributed by atoms with van der Waals surface area (Å²) in [6, 6.07) is 0. The summed E-state index contributed by atoms with van der Waals surface area (Å²) in [7, 11) is 0. The lowest BCUT2D eigenvalue weighted by atomic mass is 10.1. The molecule has 0 saturated carbocycles. The van der Waals surface area contributed by atoms with E-state index in [2.05, 4.69) is 10.0 Å². The number of hydrogen-bond donors (Lipinski definition) is 0. The first-order valence-corrected chi connectivity index (χ1v) is 6.20. The minimum Gasteiger partial charge on any atom is -0.376 e. The predicted octanol–water partition coefficient (Wildman–Crippen LogP) is 1.71. The Bertz CT molecular complexity index is 321. The van der Waals surface area contributed by atoms with Gasteiger partial charge in [-0.15, -0.1) is 0 Å². The van der Waals surface area contributed by atoms with Gasteiger partial charge in [-0.2, -0.15) is 0 Å². The molecule has 1 amide bonds. The van der Waals surface area contributed by atoms with Crippen molar-refractivity contribution in [1.29, 1.82) is 0 Å². The molecule has 6 heteroatoms. The van der Waals surface area contributed by atoms with E-state index in [1.165, 1.54) is 6.42 Å². The molecule has 0 aliphatic carbocycles. The molecule has 2 fully saturated rings. The van der Waals surface area contributed by atoms with Crippen molar-refractivity contribution < 1.29 is 9.53 Å². The second-order valence-electron chi connectivity index (χ2n) is 4.77. The van der Waals surface area contributed by atoms with Crippen LogP contribution in [0, 0.1) is 5.92 Å².